The van der Waals surface area contributed by atoms with E-state index in [2.05, 4.69) is 15.5 Å². The van der Waals surface area contributed by atoms with Gasteiger partial charge >= 0.3 is 6.09 Å². The van der Waals surface area contributed by atoms with Crippen molar-refractivity contribution in [3.63, 3.8) is 0 Å². The Morgan fingerprint density at radius 3 is 2.52 bits per heavy atom. The smallest absolute Gasteiger partial charge is 0.407 e. The lowest BCUT2D eigenvalue weighted by Gasteiger charge is -2.33. The summed E-state index contributed by atoms with van der Waals surface area (Å²) in [6, 6.07) is 7.44. The predicted octanol–water partition coefficient (Wildman–Crippen LogP) is 0.0270. The van der Waals surface area contributed by atoms with E-state index in [1.54, 1.807) is 4.90 Å². The molecular formula is C14H16N6O3. The molecule has 0 aliphatic carbocycles. The maximum Gasteiger partial charge on any atom is 0.407 e. The number of piperazine rings is 1. The third-order valence-corrected chi connectivity index (χ3v) is 3.78. The topological polar surface area (TPSA) is 104 Å². The third kappa shape index (κ3) is 3.44. The van der Waals surface area contributed by atoms with E-state index in [9.17, 15) is 9.59 Å². The van der Waals surface area contributed by atoms with E-state index in [4.69, 9.17) is 5.11 Å². The molecule has 0 radical (unpaired) electrons. The summed E-state index contributed by atoms with van der Waals surface area (Å²) >= 11 is 0. The normalized spacial score (nSPS) is 14.8. The van der Waals surface area contributed by atoms with Gasteiger partial charge in [-0.3, -0.25) is 4.79 Å². The van der Waals surface area contributed by atoms with Gasteiger partial charge in [0.05, 0.1) is 12.1 Å². The average Bonchev–Trinajstić information content (AvgIpc) is 3.10. The Morgan fingerprint density at radius 2 is 1.87 bits per heavy atom. The van der Waals surface area contributed by atoms with E-state index in [-0.39, 0.29) is 12.3 Å². The molecule has 1 fully saturated rings. The van der Waals surface area contributed by atoms with Crippen LogP contribution in [0.4, 0.5) is 4.79 Å². The van der Waals surface area contributed by atoms with Crippen molar-refractivity contribution in [2.24, 2.45) is 0 Å². The van der Waals surface area contributed by atoms with Crippen molar-refractivity contribution in [1.29, 1.82) is 0 Å². The van der Waals surface area contributed by atoms with Gasteiger partial charge < -0.3 is 14.9 Å². The number of amides is 2. The minimum Gasteiger partial charge on any atom is -0.465 e. The number of benzene rings is 1. The van der Waals surface area contributed by atoms with Crippen molar-refractivity contribution in [2.45, 2.75) is 6.42 Å². The standard InChI is InChI=1S/C14H16N6O3/c21-13(18-4-6-19(7-5-18)14(22)23)9-11-2-1-3-12(8-11)20-10-15-16-17-20/h1-3,8,10H,4-7,9H2,(H,22,23). The number of hydrogen-bond donors (Lipinski definition) is 1. The lowest BCUT2D eigenvalue weighted by atomic mass is 10.1. The van der Waals surface area contributed by atoms with E-state index in [0.717, 1.165) is 11.3 Å². The van der Waals surface area contributed by atoms with Gasteiger partial charge in [0.15, 0.2) is 0 Å². The van der Waals surface area contributed by atoms with Crippen molar-refractivity contribution in [1.82, 2.24) is 30.0 Å². The molecular weight excluding hydrogens is 300 g/mol. The Hall–Kier alpha value is -2.97. The molecule has 120 valence electrons. The first-order valence-corrected chi connectivity index (χ1v) is 7.21. The van der Waals surface area contributed by atoms with Crippen LogP contribution in [-0.2, 0) is 11.2 Å². The molecule has 23 heavy (non-hydrogen) atoms. The highest BCUT2D eigenvalue weighted by molar-refractivity contribution is 5.79. The number of carbonyl (C=O) groups excluding carboxylic acids is 1. The highest BCUT2D eigenvalue weighted by Crippen LogP contribution is 2.11. The van der Waals surface area contributed by atoms with E-state index in [0.29, 0.717) is 26.2 Å². The second-order valence-electron chi connectivity index (χ2n) is 5.25. The van der Waals surface area contributed by atoms with Crippen LogP contribution in [0.1, 0.15) is 5.56 Å². The Labute approximate surface area is 132 Å². The Balaban J connectivity index is 1.62. The molecule has 1 aliphatic rings. The van der Waals surface area contributed by atoms with Gasteiger partial charge in [0.2, 0.25) is 5.91 Å². The van der Waals surface area contributed by atoms with Crippen molar-refractivity contribution >= 4 is 12.0 Å². The fourth-order valence-corrected chi connectivity index (χ4v) is 2.52. The SMILES string of the molecule is O=C(O)N1CCN(C(=O)Cc2cccc(-n3cnnn3)c2)CC1. The molecule has 0 spiro atoms. The molecule has 1 N–H and O–H groups in total. The highest BCUT2D eigenvalue weighted by atomic mass is 16.4. The molecule has 9 heteroatoms. The number of carboxylic acid groups (broad SMARTS) is 1. The fraction of sp³-hybridized carbons (Fsp3) is 0.357. The molecule has 0 unspecified atom stereocenters. The first kappa shape index (κ1) is 14.9. The van der Waals surface area contributed by atoms with Crippen molar-refractivity contribution < 1.29 is 14.7 Å². The third-order valence-electron chi connectivity index (χ3n) is 3.78. The maximum atomic E-state index is 12.4. The van der Waals surface area contributed by atoms with Crippen molar-refractivity contribution in [2.75, 3.05) is 26.2 Å². The van der Waals surface area contributed by atoms with Crippen molar-refractivity contribution in [3.8, 4) is 5.69 Å². The van der Waals surface area contributed by atoms with Crippen LogP contribution in [0.2, 0.25) is 0 Å². The largest absolute Gasteiger partial charge is 0.465 e. The van der Waals surface area contributed by atoms with Crippen molar-refractivity contribution in [3.05, 3.63) is 36.2 Å². The highest BCUT2D eigenvalue weighted by Gasteiger charge is 2.23. The molecule has 1 aromatic heterocycles. The molecule has 1 aromatic carbocycles. The van der Waals surface area contributed by atoms with Crippen LogP contribution in [0.15, 0.2) is 30.6 Å². The van der Waals surface area contributed by atoms with Crippen LogP contribution in [0.3, 0.4) is 0 Å². The van der Waals surface area contributed by atoms with E-state index < -0.39 is 6.09 Å². The summed E-state index contributed by atoms with van der Waals surface area (Å²) in [5.74, 6) is -0.0103. The molecule has 1 saturated heterocycles. The number of hydrogen-bond acceptors (Lipinski definition) is 5. The van der Waals surface area contributed by atoms with Gasteiger partial charge in [-0.2, -0.15) is 0 Å². The van der Waals surface area contributed by atoms with Gasteiger partial charge in [-0.15, -0.1) is 5.10 Å². The van der Waals surface area contributed by atoms with Crippen LogP contribution >= 0.6 is 0 Å². The summed E-state index contributed by atoms with van der Waals surface area (Å²) in [6.07, 6.45) is 0.820. The van der Waals surface area contributed by atoms with Crippen LogP contribution in [0.25, 0.3) is 5.69 Å². The quantitative estimate of drug-likeness (QED) is 0.856. The average molecular weight is 316 g/mol. The monoisotopic (exact) mass is 316 g/mol. The van der Waals surface area contributed by atoms with Gasteiger partial charge in [0.1, 0.15) is 6.33 Å². The molecule has 1 aliphatic heterocycles. The molecule has 3 rings (SSSR count). The van der Waals surface area contributed by atoms with E-state index >= 15 is 0 Å². The Morgan fingerprint density at radius 1 is 1.13 bits per heavy atom. The fourth-order valence-electron chi connectivity index (χ4n) is 2.52. The van der Waals surface area contributed by atoms with Gasteiger partial charge in [-0.1, -0.05) is 12.1 Å². The lowest BCUT2D eigenvalue weighted by molar-refractivity contribution is -0.132. The molecule has 0 atom stereocenters. The number of carbonyl (C=O) groups is 2. The van der Waals surface area contributed by atoms with E-state index in [1.807, 2.05) is 24.3 Å². The second kappa shape index (κ2) is 6.42. The zero-order chi connectivity index (χ0) is 16.2. The number of tetrazole rings is 1. The number of nitrogens with zero attached hydrogens (tertiary/aromatic N) is 6. The Kier molecular flexibility index (Phi) is 4.18. The number of rotatable bonds is 3. The summed E-state index contributed by atoms with van der Waals surface area (Å²) in [7, 11) is 0. The lowest BCUT2D eigenvalue weighted by Crippen LogP contribution is -2.50. The molecule has 2 amide bonds. The zero-order valence-corrected chi connectivity index (χ0v) is 12.4. The van der Waals surface area contributed by atoms with Gasteiger partial charge in [-0.25, -0.2) is 9.48 Å². The predicted molar refractivity (Wildman–Crippen MR) is 79.0 cm³/mol. The summed E-state index contributed by atoms with van der Waals surface area (Å²) in [5.41, 5.74) is 1.65. The number of aromatic nitrogens is 4. The summed E-state index contributed by atoms with van der Waals surface area (Å²) < 4.78 is 1.53. The first-order valence-electron chi connectivity index (χ1n) is 7.21. The summed E-state index contributed by atoms with van der Waals surface area (Å²) in [4.78, 5) is 26.2. The van der Waals surface area contributed by atoms with Gasteiger partial charge in [-0.05, 0) is 28.1 Å². The van der Waals surface area contributed by atoms with Crippen LogP contribution < -0.4 is 0 Å². The molecule has 2 heterocycles. The minimum atomic E-state index is -0.939. The Bertz CT molecular complexity index is 694. The molecule has 2 aromatic rings. The van der Waals surface area contributed by atoms with Crippen LogP contribution in [0, 0.1) is 0 Å². The minimum absolute atomic E-state index is 0.0103. The first-order chi connectivity index (χ1) is 11.1. The molecule has 0 saturated carbocycles. The van der Waals surface area contributed by atoms with Gasteiger partial charge in [0.25, 0.3) is 0 Å². The summed E-state index contributed by atoms with van der Waals surface area (Å²) in [6.45, 7) is 1.56. The molecule has 9 nitrogen and oxygen atoms in total. The van der Waals surface area contributed by atoms with Crippen LogP contribution in [0.5, 0.6) is 0 Å². The zero-order valence-electron chi connectivity index (χ0n) is 12.4. The maximum absolute atomic E-state index is 12.4. The van der Waals surface area contributed by atoms with Crippen LogP contribution in [-0.4, -0.2) is 73.3 Å². The van der Waals surface area contributed by atoms with Gasteiger partial charge in [0, 0.05) is 26.2 Å². The van der Waals surface area contributed by atoms with E-state index in [1.165, 1.54) is 15.9 Å². The second-order valence-corrected chi connectivity index (χ2v) is 5.25. The molecule has 0 bridgehead atoms. The summed E-state index contributed by atoms with van der Waals surface area (Å²) in [5, 5.41) is 19.9.